The number of likely N-dealkylation sites (tertiary alicyclic amines) is 1. The van der Waals surface area contributed by atoms with Crippen LogP contribution in [0.1, 0.15) is 16.9 Å². The van der Waals surface area contributed by atoms with E-state index in [0.717, 1.165) is 23.5 Å². The molecule has 3 rings (SSSR count). The summed E-state index contributed by atoms with van der Waals surface area (Å²) in [6, 6.07) is 10.0. The lowest BCUT2D eigenvalue weighted by Crippen LogP contribution is -2.32. The van der Waals surface area contributed by atoms with Gasteiger partial charge in [-0.15, -0.1) is 36.2 Å². The van der Waals surface area contributed by atoms with Gasteiger partial charge in [-0.25, -0.2) is 4.98 Å². The van der Waals surface area contributed by atoms with E-state index in [4.69, 9.17) is 5.73 Å². The molecule has 0 unspecified atom stereocenters. The number of carbonyl (C=O) groups excluding carboxylic acids is 1. The molecule has 21 heavy (non-hydrogen) atoms. The molecule has 2 heterocycles. The van der Waals surface area contributed by atoms with Crippen LogP contribution in [0.4, 0.5) is 0 Å². The van der Waals surface area contributed by atoms with Crippen LogP contribution in [-0.2, 0) is 0 Å². The Morgan fingerprint density at radius 1 is 1.29 bits per heavy atom. The number of nitrogens with two attached hydrogens (primary N) is 1. The third-order valence-electron chi connectivity index (χ3n) is 3.26. The van der Waals surface area contributed by atoms with Gasteiger partial charge in [-0.3, -0.25) is 4.79 Å². The fourth-order valence-electron chi connectivity index (χ4n) is 2.22. The second kappa shape index (κ2) is 7.75. The number of amides is 1. The standard InChI is InChI=1S/C14H15N3OS.2ClH/c15-11-6-7-17(8-11)14(18)12-9-19-13(16-12)10-4-2-1-3-5-10;;/h1-5,9,11H,6-8,15H2;2*1H/t11-;;/m1../s1. The van der Waals surface area contributed by atoms with Crippen molar-refractivity contribution in [1.82, 2.24) is 9.88 Å². The van der Waals surface area contributed by atoms with Crippen molar-refractivity contribution in [3.8, 4) is 10.6 Å². The second-order valence-electron chi connectivity index (χ2n) is 4.70. The van der Waals surface area contributed by atoms with Gasteiger partial charge >= 0.3 is 0 Å². The lowest BCUT2D eigenvalue weighted by Gasteiger charge is -2.13. The van der Waals surface area contributed by atoms with Crippen molar-refractivity contribution in [2.24, 2.45) is 5.73 Å². The number of hydrogen-bond acceptors (Lipinski definition) is 4. The monoisotopic (exact) mass is 345 g/mol. The Bertz CT molecular complexity index is 591. The average molecular weight is 346 g/mol. The number of halogens is 2. The van der Waals surface area contributed by atoms with Gasteiger partial charge in [-0.1, -0.05) is 30.3 Å². The molecule has 0 saturated carbocycles. The lowest BCUT2D eigenvalue weighted by molar-refractivity contribution is 0.0786. The highest BCUT2D eigenvalue weighted by Crippen LogP contribution is 2.24. The van der Waals surface area contributed by atoms with Crippen LogP contribution in [0.5, 0.6) is 0 Å². The van der Waals surface area contributed by atoms with Gasteiger partial charge in [-0.2, -0.15) is 0 Å². The van der Waals surface area contributed by atoms with Crippen LogP contribution in [0.2, 0.25) is 0 Å². The van der Waals surface area contributed by atoms with Gasteiger partial charge in [0.1, 0.15) is 10.7 Å². The predicted octanol–water partition coefficient (Wildman–Crippen LogP) is 2.83. The number of thiazole rings is 1. The van der Waals surface area contributed by atoms with E-state index >= 15 is 0 Å². The number of rotatable bonds is 2. The van der Waals surface area contributed by atoms with E-state index in [0.29, 0.717) is 12.2 Å². The minimum atomic E-state index is -0.00798. The lowest BCUT2D eigenvalue weighted by atomic mass is 10.2. The molecular formula is C14H17Cl2N3OS. The molecule has 0 spiro atoms. The molecule has 7 heteroatoms. The first kappa shape index (κ1) is 17.9. The van der Waals surface area contributed by atoms with E-state index in [9.17, 15) is 4.79 Å². The number of hydrogen-bond donors (Lipinski definition) is 1. The maximum Gasteiger partial charge on any atom is 0.273 e. The van der Waals surface area contributed by atoms with E-state index in [1.54, 1.807) is 4.90 Å². The van der Waals surface area contributed by atoms with Gasteiger partial charge in [0.15, 0.2) is 0 Å². The largest absolute Gasteiger partial charge is 0.336 e. The first-order valence-corrected chi connectivity index (χ1v) is 7.18. The van der Waals surface area contributed by atoms with E-state index < -0.39 is 0 Å². The van der Waals surface area contributed by atoms with Crippen molar-refractivity contribution in [3.05, 3.63) is 41.4 Å². The predicted molar refractivity (Wildman–Crippen MR) is 90.5 cm³/mol. The van der Waals surface area contributed by atoms with Crippen LogP contribution in [0.15, 0.2) is 35.7 Å². The summed E-state index contributed by atoms with van der Waals surface area (Å²) in [6.45, 7) is 1.37. The SMILES string of the molecule is Cl.Cl.N[C@@H]1CCN(C(=O)c2csc(-c3ccccc3)n2)C1. The first-order chi connectivity index (χ1) is 9.24. The quantitative estimate of drug-likeness (QED) is 0.910. The Balaban J connectivity index is 0.00000110. The maximum absolute atomic E-state index is 12.3. The Morgan fingerprint density at radius 2 is 2.00 bits per heavy atom. The highest BCUT2D eigenvalue weighted by molar-refractivity contribution is 7.13. The van der Waals surface area contributed by atoms with Crippen molar-refractivity contribution < 1.29 is 4.79 Å². The summed E-state index contributed by atoms with van der Waals surface area (Å²) in [5.74, 6) is -0.00798. The molecule has 1 aliphatic heterocycles. The van der Waals surface area contributed by atoms with Crippen LogP contribution >= 0.6 is 36.2 Å². The fraction of sp³-hybridized carbons (Fsp3) is 0.286. The maximum atomic E-state index is 12.3. The van der Waals surface area contributed by atoms with Gasteiger partial charge < -0.3 is 10.6 Å². The van der Waals surface area contributed by atoms with Crippen LogP contribution in [0, 0.1) is 0 Å². The Labute approximate surface area is 140 Å². The molecule has 2 aromatic rings. The zero-order valence-corrected chi connectivity index (χ0v) is 13.7. The highest BCUT2D eigenvalue weighted by atomic mass is 35.5. The van der Waals surface area contributed by atoms with Crippen LogP contribution < -0.4 is 5.73 Å². The van der Waals surface area contributed by atoms with E-state index in [-0.39, 0.29) is 36.8 Å². The van der Waals surface area contributed by atoms with Crippen molar-refractivity contribution in [3.63, 3.8) is 0 Å². The van der Waals surface area contributed by atoms with Gasteiger partial charge in [0.05, 0.1) is 0 Å². The smallest absolute Gasteiger partial charge is 0.273 e. The minimum absolute atomic E-state index is 0. The Morgan fingerprint density at radius 3 is 2.62 bits per heavy atom. The molecule has 0 radical (unpaired) electrons. The Hall–Kier alpha value is -1.14. The molecule has 1 fully saturated rings. The van der Waals surface area contributed by atoms with Crippen molar-refractivity contribution in [1.29, 1.82) is 0 Å². The van der Waals surface area contributed by atoms with Gasteiger partial charge in [0, 0.05) is 30.1 Å². The van der Waals surface area contributed by atoms with Crippen LogP contribution in [0.3, 0.4) is 0 Å². The summed E-state index contributed by atoms with van der Waals surface area (Å²) in [7, 11) is 0. The molecule has 0 aliphatic carbocycles. The topological polar surface area (TPSA) is 59.2 Å². The molecular weight excluding hydrogens is 329 g/mol. The molecule has 0 bridgehead atoms. The van der Waals surface area contributed by atoms with Crippen LogP contribution in [-0.4, -0.2) is 34.9 Å². The summed E-state index contributed by atoms with van der Waals surface area (Å²) >= 11 is 1.50. The Kier molecular flexibility index (Phi) is 6.61. The van der Waals surface area contributed by atoms with Crippen molar-refractivity contribution in [2.45, 2.75) is 12.5 Å². The molecule has 1 aromatic heterocycles. The van der Waals surface area contributed by atoms with Gasteiger partial charge in [0.25, 0.3) is 5.91 Å². The van der Waals surface area contributed by atoms with Crippen molar-refractivity contribution in [2.75, 3.05) is 13.1 Å². The number of carbonyl (C=O) groups is 1. The molecule has 1 aliphatic rings. The number of benzene rings is 1. The van der Waals surface area contributed by atoms with Gasteiger partial charge in [-0.05, 0) is 6.42 Å². The highest BCUT2D eigenvalue weighted by Gasteiger charge is 2.26. The average Bonchev–Trinajstić information content (AvgIpc) is 3.08. The minimum Gasteiger partial charge on any atom is -0.336 e. The van der Waals surface area contributed by atoms with E-state index in [2.05, 4.69) is 4.98 Å². The first-order valence-electron chi connectivity index (χ1n) is 6.30. The third kappa shape index (κ3) is 3.95. The molecule has 1 amide bonds. The molecule has 1 atom stereocenters. The van der Waals surface area contributed by atoms with E-state index in [1.807, 2.05) is 35.7 Å². The molecule has 2 N–H and O–H groups in total. The summed E-state index contributed by atoms with van der Waals surface area (Å²) in [5, 5.41) is 2.71. The summed E-state index contributed by atoms with van der Waals surface area (Å²) in [4.78, 5) is 18.5. The van der Waals surface area contributed by atoms with Crippen LogP contribution in [0.25, 0.3) is 10.6 Å². The number of nitrogens with zero attached hydrogens (tertiary/aromatic N) is 2. The summed E-state index contributed by atoms with van der Waals surface area (Å²) in [5.41, 5.74) is 7.40. The number of aromatic nitrogens is 1. The van der Waals surface area contributed by atoms with Gasteiger partial charge in [0.2, 0.25) is 0 Å². The summed E-state index contributed by atoms with van der Waals surface area (Å²) in [6.07, 6.45) is 0.876. The second-order valence-corrected chi connectivity index (χ2v) is 5.56. The van der Waals surface area contributed by atoms with Crippen molar-refractivity contribution >= 4 is 42.1 Å². The zero-order chi connectivity index (χ0) is 13.2. The zero-order valence-electron chi connectivity index (χ0n) is 11.3. The molecule has 1 saturated heterocycles. The summed E-state index contributed by atoms with van der Waals surface area (Å²) < 4.78 is 0. The fourth-order valence-corrected chi connectivity index (χ4v) is 3.02. The molecule has 4 nitrogen and oxygen atoms in total. The normalized spacial score (nSPS) is 17.0. The molecule has 114 valence electrons. The molecule has 1 aromatic carbocycles. The van der Waals surface area contributed by atoms with E-state index in [1.165, 1.54) is 11.3 Å². The third-order valence-corrected chi connectivity index (χ3v) is 4.15.